The number of hydrogen-bond acceptors (Lipinski definition) is 1. The number of unbranched alkanes of at least 4 members (excludes halogenated alkanes) is 8. The Hall–Kier alpha value is -0.790. The zero-order valence-electron chi connectivity index (χ0n) is 16.7. The Labute approximate surface area is 151 Å². The quantitative estimate of drug-likeness (QED) is 0.227. The molecular weight excluding hydrogens is 294 g/mol. The fourth-order valence-corrected chi connectivity index (χ4v) is 3.71. The number of rotatable bonds is 17. The van der Waals surface area contributed by atoms with E-state index in [0.717, 1.165) is 38.5 Å². The molecule has 0 atom stereocenters. The second kappa shape index (κ2) is 15.7. The number of hydrogen-bond donors (Lipinski definition) is 1. The van der Waals surface area contributed by atoms with Crippen LogP contribution >= 0.6 is 0 Å². The standard InChI is InChI=1S/C22H43NO/c1-4-7-8-9-10-11-12-13-14-15-16-17-20-22(18-5-2,19-6-3)21(23)24/h11-12H,4-10,13-20H2,1-3H3,(H2,23,24). The van der Waals surface area contributed by atoms with Gasteiger partial charge in [-0.3, -0.25) is 4.79 Å². The largest absolute Gasteiger partial charge is 0.369 e. The molecule has 0 aliphatic heterocycles. The molecule has 0 aromatic rings. The van der Waals surface area contributed by atoms with Gasteiger partial charge in [0.05, 0.1) is 0 Å². The maximum atomic E-state index is 11.9. The van der Waals surface area contributed by atoms with Crippen LogP contribution in [0.4, 0.5) is 0 Å². The molecule has 2 N–H and O–H groups in total. The molecule has 0 spiro atoms. The molecule has 0 heterocycles. The second-order valence-electron chi connectivity index (χ2n) is 7.42. The van der Waals surface area contributed by atoms with E-state index in [1.54, 1.807) is 0 Å². The van der Waals surface area contributed by atoms with Gasteiger partial charge in [0.15, 0.2) is 0 Å². The average Bonchev–Trinajstić information content (AvgIpc) is 2.56. The Bertz CT molecular complexity index is 316. The van der Waals surface area contributed by atoms with Gasteiger partial charge in [0.1, 0.15) is 0 Å². The van der Waals surface area contributed by atoms with Gasteiger partial charge in [-0.2, -0.15) is 0 Å². The van der Waals surface area contributed by atoms with Crippen molar-refractivity contribution in [1.29, 1.82) is 0 Å². The van der Waals surface area contributed by atoms with Crippen LogP contribution in [0.5, 0.6) is 0 Å². The molecule has 0 aliphatic carbocycles. The molecule has 0 saturated carbocycles. The second-order valence-corrected chi connectivity index (χ2v) is 7.42. The Balaban J connectivity index is 3.78. The normalized spacial score (nSPS) is 12.1. The van der Waals surface area contributed by atoms with E-state index < -0.39 is 0 Å². The molecule has 0 saturated heterocycles. The lowest BCUT2D eigenvalue weighted by molar-refractivity contribution is -0.129. The predicted octanol–water partition coefficient (Wildman–Crippen LogP) is 6.93. The predicted molar refractivity (Wildman–Crippen MR) is 107 cm³/mol. The van der Waals surface area contributed by atoms with Crippen LogP contribution < -0.4 is 5.73 Å². The van der Waals surface area contributed by atoms with E-state index in [0.29, 0.717) is 0 Å². The topological polar surface area (TPSA) is 43.1 Å². The Morgan fingerprint density at radius 3 is 1.67 bits per heavy atom. The van der Waals surface area contributed by atoms with Crippen LogP contribution in [-0.2, 0) is 4.79 Å². The van der Waals surface area contributed by atoms with Crippen LogP contribution in [0.15, 0.2) is 12.2 Å². The lowest BCUT2D eigenvalue weighted by atomic mass is 9.74. The fraction of sp³-hybridized carbons (Fsp3) is 0.864. The summed E-state index contributed by atoms with van der Waals surface area (Å²) in [7, 11) is 0. The van der Waals surface area contributed by atoms with Crippen molar-refractivity contribution in [2.45, 2.75) is 117 Å². The van der Waals surface area contributed by atoms with Crippen LogP contribution in [-0.4, -0.2) is 5.91 Å². The molecule has 0 rings (SSSR count). The van der Waals surface area contributed by atoms with E-state index in [1.165, 1.54) is 57.8 Å². The van der Waals surface area contributed by atoms with Crippen LogP contribution in [0.2, 0.25) is 0 Å². The van der Waals surface area contributed by atoms with Crippen molar-refractivity contribution in [3.63, 3.8) is 0 Å². The van der Waals surface area contributed by atoms with Gasteiger partial charge < -0.3 is 5.73 Å². The Kier molecular flexibility index (Phi) is 15.2. The van der Waals surface area contributed by atoms with Crippen molar-refractivity contribution in [3.05, 3.63) is 12.2 Å². The lowest BCUT2D eigenvalue weighted by Gasteiger charge is -2.30. The van der Waals surface area contributed by atoms with E-state index in [9.17, 15) is 4.79 Å². The first-order valence-corrected chi connectivity index (χ1v) is 10.6. The van der Waals surface area contributed by atoms with Gasteiger partial charge in [-0.15, -0.1) is 0 Å². The highest BCUT2D eigenvalue weighted by Gasteiger charge is 2.33. The van der Waals surface area contributed by atoms with Gasteiger partial charge in [-0.25, -0.2) is 0 Å². The minimum atomic E-state index is -0.234. The summed E-state index contributed by atoms with van der Waals surface area (Å²) < 4.78 is 0. The molecule has 0 aromatic heterocycles. The number of allylic oxidation sites excluding steroid dienone is 2. The van der Waals surface area contributed by atoms with Gasteiger partial charge in [0.25, 0.3) is 0 Å². The maximum Gasteiger partial charge on any atom is 0.223 e. The van der Waals surface area contributed by atoms with Gasteiger partial charge in [0, 0.05) is 5.41 Å². The fourth-order valence-electron chi connectivity index (χ4n) is 3.71. The van der Waals surface area contributed by atoms with Crippen molar-refractivity contribution in [1.82, 2.24) is 0 Å². The molecule has 142 valence electrons. The zero-order chi connectivity index (χ0) is 18.1. The van der Waals surface area contributed by atoms with Gasteiger partial charge in [0.2, 0.25) is 5.91 Å². The first-order chi connectivity index (χ1) is 11.6. The minimum absolute atomic E-state index is 0.0720. The third-order valence-electron chi connectivity index (χ3n) is 5.15. The van der Waals surface area contributed by atoms with Crippen molar-refractivity contribution in [3.8, 4) is 0 Å². The van der Waals surface area contributed by atoms with Crippen molar-refractivity contribution in [2.24, 2.45) is 11.1 Å². The highest BCUT2D eigenvalue weighted by atomic mass is 16.1. The molecule has 0 fully saturated rings. The molecule has 1 amide bonds. The molecule has 2 heteroatoms. The smallest absolute Gasteiger partial charge is 0.223 e. The van der Waals surface area contributed by atoms with E-state index in [2.05, 4.69) is 32.9 Å². The number of amides is 1. The van der Waals surface area contributed by atoms with Crippen LogP contribution in [0.3, 0.4) is 0 Å². The maximum absolute atomic E-state index is 11.9. The van der Waals surface area contributed by atoms with E-state index in [4.69, 9.17) is 5.73 Å². The lowest BCUT2D eigenvalue weighted by Crippen LogP contribution is -2.37. The monoisotopic (exact) mass is 337 g/mol. The SMILES string of the molecule is CCCCCCC=CCCCCCCC(CCC)(CCC)C(N)=O. The minimum Gasteiger partial charge on any atom is -0.369 e. The summed E-state index contributed by atoms with van der Waals surface area (Å²) in [5, 5.41) is 0. The summed E-state index contributed by atoms with van der Waals surface area (Å²) in [6.45, 7) is 6.57. The van der Waals surface area contributed by atoms with Gasteiger partial charge >= 0.3 is 0 Å². The Morgan fingerprint density at radius 1 is 0.708 bits per heavy atom. The molecule has 0 radical (unpaired) electrons. The summed E-state index contributed by atoms with van der Waals surface area (Å²) in [6, 6.07) is 0. The van der Waals surface area contributed by atoms with E-state index >= 15 is 0 Å². The van der Waals surface area contributed by atoms with E-state index in [-0.39, 0.29) is 11.3 Å². The summed E-state index contributed by atoms with van der Waals surface area (Å²) in [5.41, 5.74) is 5.50. The summed E-state index contributed by atoms with van der Waals surface area (Å²) in [5.74, 6) is -0.0720. The van der Waals surface area contributed by atoms with Crippen LogP contribution in [0.1, 0.15) is 117 Å². The summed E-state index contributed by atoms with van der Waals surface area (Å²) in [4.78, 5) is 11.9. The first kappa shape index (κ1) is 23.2. The number of carbonyl (C=O) groups excluding carboxylic acids is 1. The van der Waals surface area contributed by atoms with Gasteiger partial charge in [-0.1, -0.05) is 84.3 Å². The number of primary amides is 1. The third-order valence-corrected chi connectivity index (χ3v) is 5.15. The highest BCUT2D eigenvalue weighted by molar-refractivity contribution is 5.80. The van der Waals surface area contributed by atoms with Crippen LogP contribution in [0, 0.1) is 5.41 Å². The summed E-state index contributed by atoms with van der Waals surface area (Å²) >= 11 is 0. The average molecular weight is 338 g/mol. The molecular formula is C22H43NO. The molecule has 2 nitrogen and oxygen atoms in total. The number of nitrogens with two attached hydrogens (primary N) is 1. The molecule has 0 bridgehead atoms. The molecule has 24 heavy (non-hydrogen) atoms. The Morgan fingerprint density at radius 2 is 1.21 bits per heavy atom. The molecule has 0 unspecified atom stereocenters. The first-order valence-electron chi connectivity index (χ1n) is 10.6. The van der Waals surface area contributed by atoms with Crippen molar-refractivity contribution < 1.29 is 4.79 Å². The molecule has 0 aliphatic rings. The van der Waals surface area contributed by atoms with Crippen molar-refractivity contribution in [2.75, 3.05) is 0 Å². The van der Waals surface area contributed by atoms with E-state index in [1.807, 2.05) is 0 Å². The molecule has 0 aromatic carbocycles. The van der Waals surface area contributed by atoms with Gasteiger partial charge in [-0.05, 0) is 44.9 Å². The van der Waals surface area contributed by atoms with Crippen LogP contribution in [0.25, 0.3) is 0 Å². The highest BCUT2D eigenvalue weighted by Crippen LogP contribution is 2.35. The summed E-state index contributed by atoms with van der Waals surface area (Å²) in [6.07, 6.45) is 22.5. The third kappa shape index (κ3) is 10.9. The number of carbonyl (C=O) groups is 1. The zero-order valence-corrected chi connectivity index (χ0v) is 16.7. The van der Waals surface area contributed by atoms with Crippen molar-refractivity contribution >= 4 is 5.91 Å².